The molecule has 0 bridgehead atoms. The summed E-state index contributed by atoms with van der Waals surface area (Å²) in [4.78, 5) is 12.0. The van der Waals surface area contributed by atoms with E-state index in [0.717, 1.165) is 12.8 Å². The molecule has 7 nitrogen and oxygen atoms in total. The van der Waals surface area contributed by atoms with Crippen molar-refractivity contribution < 1.29 is 4.79 Å². The Kier molecular flexibility index (Phi) is 3.85. The van der Waals surface area contributed by atoms with Gasteiger partial charge in [-0.15, -0.1) is 5.10 Å². The second kappa shape index (κ2) is 5.79. The summed E-state index contributed by atoms with van der Waals surface area (Å²) >= 11 is 6.11. The van der Waals surface area contributed by atoms with E-state index in [1.807, 2.05) is 0 Å². The van der Waals surface area contributed by atoms with Crippen molar-refractivity contribution in [2.75, 3.05) is 5.32 Å². The van der Waals surface area contributed by atoms with E-state index in [0.29, 0.717) is 28.7 Å². The molecule has 21 heavy (non-hydrogen) atoms. The van der Waals surface area contributed by atoms with Gasteiger partial charge in [-0.1, -0.05) is 11.6 Å². The van der Waals surface area contributed by atoms with Gasteiger partial charge in [0.05, 0.1) is 16.4 Å². The van der Waals surface area contributed by atoms with Crippen molar-refractivity contribution in [2.24, 2.45) is 11.7 Å². The third-order valence-corrected chi connectivity index (χ3v) is 3.82. The summed E-state index contributed by atoms with van der Waals surface area (Å²) in [7, 11) is 0. The molecular weight excluding hydrogens is 292 g/mol. The minimum Gasteiger partial charge on any atom is -0.327 e. The number of hydrogen-bond donors (Lipinski definition) is 2. The summed E-state index contributed by atoms with van der Waals surface area (Å²) in [5.74, 6) is 0.351. The number of carbonyl (C=O) groups is 1. The molecule has 110 valence electrons. The number of nitrogens with one attached hydrogen (secondary N) is 1. The van der Waals surface area contributed by atoms with Gasteiger partial charge in [0.2, 0.25) is 5.91 Å². The minimum atomic E-state index is -0.134. The molecule has 3 N–H and O–H groups in total. The van der Waals surface area contributed by atoms with E-state index in [-0.39, 0.29) is 11.9 Å². The quantitative estimate of drug-likeness (QED) is 0.869. The van der Waals surface area contributed by atoms with Crippen molar-refractivity contribution >= 4 is 23.2 Å². The molecule has 0 radical (unpaired) electrons. The SMILES string of the molecule is NC(CC(=O)Nc1cc(-n2cnnn2)ccc1Cl)C1CC1. The molecule has 1 amide bonds. The maximum absolute atomic E-state index is 12.0. The van der Waals surface area contributed by atoms with Gasteiger partial charge in [-0.25, -0.2) is 4.68 Å². The Bertz CT molecular complexity index is 640. The number of halogens is 1. The van der Waals surface area contributed by atoms with Crippen molar-refractivity contribution in [3.05, 3.63) is 29.5 Å². The predicted molar refractivity (Wildman–Crippen MR) is 78.1 cm³/mol. The van der Waals surface area contributed by atoms with Gasteiger partial charge in [-0.05, 0) is 47.4 Å². The smallest absolute Gasteiger partial charge is 0.225 e. The Balaban J connectivity index is 1.71. The number of carbonyl (C=O) groups excluding carboxylic acids is 1. The van der Waals surface area contributed by atoms with Crippen molar-refractivity contribution in [3.63, 3.8) is 0 Å². The largest absolute Gasteiger partial charge is 0.327 e. The summed E-state index contributed by atoms with van der Waals surface area (Å²) in [5, 5.41) is 14.2. The molecule has 1 aliphatic carbocycles. The minimum absolute atomic E-state index is 0.0773. The van der Waals surface area contributed by atoms with Crippen LogP contribution in [-0.2, 0) is 4.79 Å². The molecule has 0 spiro atoms. The average molecular weight is 307 g/mol. The summed E-state index contributed by atoms with van der Waals surface area (Å²) in [6.45, 7) is 0. The Morgan fingerprint density at radius 3 is 3.00 bits per heavy atom. The Morgan fingerprint density at radius 1 is 1.52 bits per heavy atom. The van der Waals surface area contributed by atoms with E-state index in [2.05, 4.69) is 20.8 Å². The van der Waals surface area contributed by atoms with E-state index in [1.54, 1.807) is 18.2 Å². The van der Waals surface area contributed by atoms with Gasteiger partial charge in [0.25, 0.3) is 0 Å². The van der Waals surface area contributed by atoms with Gasteiger partial charge in [-0.2, -0.15) is 0 Å². The van der Waals surface area contributed by atoms with Crippen LogP contribution in [0.4, 0.5) is 5.69 Å². The number of anilines is 1. The lowest BCUT2D eigenvalue weighted by molar-refractivity contribution is -0.116. The Labute approximate surface area is 126 Å². The average Bonchev–Trinajstić information content (AvgIpc) is 3.17. The van der Waals surface area contributed by atoms with Gasteiger partial charge in [0.1, 0.15) is 6.33 Å². The molecule has 1 aliphatic rings. The highest BCUT2D eigenvalue weighted by Gasteiger charge is 2.29. The predicted octanol–water partition coefficient (Wildman–Crippen LogP) is 1.38. The van der Waals surface area contributed by atoms with Crippen molar-refractivity contribution in [2.45, 2.75) is 25.3 Å². The van der Waals surface area contributed by atoms with E-state index >= 15 is 0 Å². The van der Waals surface area contributed by atoms with Crippen molar-refractivity contribution in [3.8, 4) is 5.69 Å². The highest BCUT2D eigenvalue weighted by Crippen LogP contribution is 2.33. The molecule has 1 fully saturated rings. The van der Waals surface area contributed by atoms with Gasteiger partial charge in [0.15, 0.2) is 0 Å². The monoisotopic (exact) mass is 306 g/mol. The molecule has 0 aliphatic heterocycles. The fourth-order valence-corrected chi connectivity index (χ4v) is 2.30. The molecule has 1 atom stereocenters. The Hall–Kier alpha value is -1.99. The van der Waals surface area contributed by atoms with Crippen LogP contribution in [0.2, 0.25) is 5.02 Å². The number of nitrogens with zero attached hydrogens (tertiary/aromatic N) is 4. The first-order valence-corrected chi connectivity index (χ1v) is 7.09. The first-order chi connectivity index (χ1) is 10.1. The van der Waals surface area contributed by atoms with Gasteiger partial charge < -0.3 is 11.1 Å². The molecule has 1 aromatic heterocycles. The molecule has 3 rings (SSSR count). The van der Waals surface area contributed by atoms with E-state index in [1.165, 1.54) is 11.0 Å². The lowest BCUT2D eigenvalue weighted by Crippen LogP contribution is -2.28. The van der Waals surface area contributed by atoms with Crippen LogP contribution in [0.1, 0.15) is 19.3 Å². The first kappa shape index (κ1) is 14.0. The van der Waals surface area contributed by atoms with E-state index < -0.39 is 0 Å². The molecule has 8 heteroatoms. The van der Waals surface area contributed by atoms with Crippen LogP contribution in [0.15, 0.2) is 24.5 Å². The number of benzene rings is 1. The molecule has 1 saturated carbocycles. The van der Waals surface area contributed by atoms with Crippen LogP contribution >= 0.6 is 11.6 Å². The van der Waals surface area contributed by atoms with Crippen LogP contribution < -0.4 is 11.1 Å². The second-order valence-corrected chi connectivity index (χ2v) is 5.58. The lowest BCUT2D eigenvalue weighted by Gasteiger charge is -2.12. The van der Waals surface area contributed by atoms with Gasteiger partial charge >= 0.3 is 0 Å². The number of hydrogen-bond acceptors (Lipinski definition) is 5. The van der Waals surface area contributed by atoms with Crippen LogP contribution in [0, 0.1) is 5.92 Å². The van der Waals surface area contributed by atoms with E-state index in [9.17, 15) is 4.79 Å². The molecular formula is C13H15ClN6O. The zero-order valence-electron chi connectivity index (χ0n) is 11.2. The lowest BCUT2D eigenvalue weighted by atomic mass is 10.1. The molecule has 2 aromatic rings. The number of tetrazole rings is 1. The molecule has 0 saturated heterocycles. The fourth-order valence-electron chi connectivity index (χ4n) is 2.14. The van der Waals surface area contributed by atoms with Crippen LogP contribution in [0.25, 0.3) is 5.69 Å². The third kappa shape index (κ3) is 3.37. The van der Waals surface area contributed by atoms with E-state index in [4.69, 9.17) is 17.3 Å². The molecule has 1 aromatic carbocycles. The summed E-state index contributed by atoms with van der Waals surface area (Å²) in [5.41, 5.74) is 7.19. The summed E-state index contributed by atoms with van der Waals surface area (Å²) < 4.78 is 1.49. The maximum atomic E-state index is 12.0. The number of aromatic nitrogens is 4. The van der Waals surface area contributed by atoms with Crippen LogP contribution in [0.3, 0.4) is 0 Å². The van der Waals surface area contributed by atoms with Crippen molar-refractivity contribution in [1.29, 1.82) is 0 Å². The maximum Gasteiger partial charge on any atom is 0.225 e. The molecule has 1 unspecified atom stereocenters. The zero-order chi connectivity index (χ0) is 14.8. The number of amides is 1. The first-order valence-electron chi connectivity index (χ1n) is 6.72. The topological polar surface area (TPSA) is 98.7 Å². The summed E-state index contributed by atoms with van der Waals surface area (Å²) in [6.07, 6.45) is 4.00. The Morgan fingerprint density at radius 2 is 2.33 bits per heavy atom. The van der Waals surface area contributed by atoms with Gasteiger partial charge in [0, 0.05) is 12.5 Å². The second-order valence-electron chi connectivity index (χ2n) is 5.17. The zero-order valence-corrected chi connectivity index (χ0v) is 12.0. The highest BCUT2D eigenvalue weighted by molar-refractivity contribution is 6.33. The normalized spacial score (nSPS) is 15.7. The number of rotatable bonds is 5. The standard InChI is InChI=1S/C13H15ClN6O/c14-10-4-3-9(20-7-16-18-19-20)5-12(10)17-13(21)6-11(15)8-1-2-8/h3-5,7-8,11H,1-2,6,15H2,(H,17,21). The van der Waals surface area contributed by atoms with Crippen LogP contribution in [-0.4, -0.2) is 32.2 Å². The highest BCUT2D eigenvalue weighted by atomic mass is 35.5. The molecule has 1 heterocycles. The van der Waals surface area contributed by atoms with Gasteiger partial charge in [-0.3, -0.25) is 4.79 Å². The van der Waals surface area contributed by atoms with Crippen LogP contribution in [0.5, 0.6) is 0 Å². The van der Waals surface area contributed by atoms with Crippen molar-refractivity contribution in [1.82, 2.24) is 20.2 Å². The number of nitrogens with two attached hydrogens (primary N) is 1. The third-order valence-electron chi connectivity index (χ3n) is 3.49. The summed E-state index contributed by atoms with van der Waals surface area (Å²) in [6, 6.07) is 5.10. The fraction of sp³-hybridized carbons (Fsp3) is 0.385.